The summed E-state index contributed by atoms with van der Waals surface area (Å²) in [6.45, 7) is 1.85. The van der Waals surface area contributed by atoms with Gasteiger partial charge in [-0.05, 0) is 25.7 Å². The minimum atomic E-state index is 0.133. The quantitative estimate of drug-likeness (QED) is 0.879. The van der Waals surface area contributed by atoms with Gasteiger partial charge in [0.15, 0.2) is 0 Å². The summed E-state index contributed by atoms with van der Waals surface area (Å²) >= 11 is 1.58. The monoisotopic (exact) mass is 279 g/mol. The summed E-state index contributed by atoms with van der Waals surface area (Å²) < 4.78 is 0. The standard InChI is InChI=1S/C12H17N5OS/c18-11(14-8-1-2-8)16-5-3-10-9(16)4-6-17(10)12-15-13-7-19-12/h7-10H,1-6H2,(H,14,18)/t9-,10+/m1/s1. The predicted octanol–water partition coefficient (Wildman–Crippen LogP) is 1.06. The molecule has 6 nitrogen and oxygen atoms in total. The fourth-order valence-electron chi connectivity index (χ4n) is 3.25. The van der Waals surface area contributed by atoms with E-state index < -0.39 is 0 Å². The van der Waals surface area contributed by atoms with Gasteiger partial charge in [0, 0.05) is 19.1 Å². The van der Waals surface area contributed by atoms with Gasteiger partial charge in [-0.1, -0.05) is 11.3 Å². The maximum atomic E-state index is 12.2. The van der Waals surface area contributed by atoms with E-state index >= 15 is 0 Å². The van der Waals surface area contributed by atoms with Gasteiger partial charge >= 0.3 is 6.03 Å². The highest BCUT2D eigenvalue weighted by Gasteiger charge is 2.45. The lowest BCUT2D eigenvalue weighted by Crippen LogP contribution is -2.45. The molecule has 3 aliphatic rings. The van der Waals surface area contributed by atoms with Gasteiger partial charge in [-0.2, -0.15) is 0 Å². The van der Waals surface area contributed by atoms with Crippen molar-refractivity contribution in [3.63, 3.8) is 0 Å². The first-order valence-corrected chi connectivity index (χ1v) is 7.81. The number of nitrogens with one attached hydrogen (secondary N) is 1. The fraction of sp³-hybridized carbons (Fsp3) is 0.750. The van der Waals surface area contributed by atoms with Crippen LogP contribution in [-0.2, 0) is 0 Å². The number of anilines is 1. The Bertz CT molecular complexity index is 474. The van der Waals surface area contributed by atoms with Crippen molar-refractivity contribution < 1.29 is 4.79 Å². The van der Waals surface area contributed by atoms with Gasteiger partial charge in [-0.3, -0.25) is 0 Å². The number of carbonyl (C=O) groups is 1. The Morgan fingerprint density at radius 2 is 2.11 bits per heavy atom. The first-order chi connectivity index (χ1) is 9.33. The van der Waals surface area contributed by atoms with Crippen molar-refractivity contribution in [1.82, 2.24) is 20.4 Å². The second-order valence-electron chi connectivity index (χ2n) is 5.54. The van der Waals surface area contributed by atoms with Gasteiger partial charge in [0.05, 0.1) is 12.1 Å². The molecule has 7 heteroatoms. The van der Waals surface area contributed by atoms with Crippen molar-refractivity contribution in [3.8, 4) is 0 Å². The highest BCUT2D eigenvalue weighted by atomic mass is 32.1. The van der Waals surface area contributed by atoms with E-state index in [1.807, 2.05) is 4.90 Å². The number of hydrogen-bond donors (Lipinski definition) is 1. The lowest BCUT2D eigenvalue weighted by molar-refractivity contribution is 0.192. The lowest BCUT2D eigenvalue weighted by atomic mass is 10.1. The molecule has 2 atom stereocenters. The minimum Gasteiger partial charge on any atom is -0.341 e. The van der Waals surface area contributed by atoms with Crippen LogP contribution in [0, 0.1) is 0 Å². The van der Waals surface area contributed by atoms with E-state index in [0.29, 0.717) is 18.1 Å². The first kappa shape index (κ1) is 11.5. The van der Waals surface area contributed by atoms with Crippen LogP contribution in [0.2, 0.25) is 0 Å². The fourth-order valence-corrected chi connectivity index (χ4v) is 3.90. The van der Waals surface area contributed by atoms with Crippen LogP contribution in [0.3, 0.4) is 0 Å². The summed E-state index contributed by atoms with van der Waals surface area (Å²) in [4.78, 5) is 16.6. The number of aromatic nitrogens is 2. The second kappa shape index (κ2) is 4.33. The van der Waals surface area contributed by atoms with E-state index in [2.05, 4.69) is 20.4 Å². The van der Waals surface area contributed by atoms with Crippen LogP contribution < -0.4 is 10.2 Å². The number of nitrogens with zero attached hydrogens (tertiary/aromatic N) is 4. The Morgan fingerprint density at radius 1 is 1.26 bits per heavy atom. The second-order valence-corrected chi connectivity index (χ2v) is 6.36. The van der Waals surface area contributed by atoms with E-state index in [1.165, 1.54) is 0 Å². The molecule has 1 aromatic rings. The van der Waals surface area contributed by atoms with Gasteiger partial charge in [0.1, 0.15) is 5.51 Å². The minimum absolute atomic E-state index is 0.133. The summed E-state index contributed by atoms with van der Waals surface area (Å²) in [6.07, 6.45) is 4.37. The Kier molecular flexibility index (Phi) is 2.61. The highest BCUT2D eigenvalue weighted by molar-refractivity contribution is 7.13. The smallest absolute Gasteiger partial charge is 0.317 e. The normalized spacial score (nSPS) is 29.7. The first-order valence-electron chi connectivity index (χ1n) is 6.93. The van der Waals surface area contributed by atoms with Crippen molar-refractivity contribution >= 4 is 22.5 Å². The van der Waals surface area contributed by atoms with E-state index in [1.54, 1.807) is 16.8 Å². The van der Waals surface area contributed by atoms with Crippen LogP contribution in [0.15, 0.2) is 5.51 Å². The van der Waals surface area contributed by atoms with Gasteiger partial charge in [-0.25, -0.2) is 4.79 Å². The van der Waals surface area contributed by atoms with E-state index in [4.69, 9.17) is 0 Å². The molecule has 3 fully saturated rings. The van der Waals surface area contributed by atoms with Crippen molar-refractivity contribution in [2.24, 2.45) is 0 Å². The predicted molar refractivity (Wildman–Crippen MR) is 72.3 cm³/mol. The molecular formula is C12H17N5OS. The number of fused-ring (bicyclic) bond motifs is 1. The molecular weight excluding hydrogens is 262 g/mol. The largest absolute Gasteiger partial charge is 0.341 e. The molecule has 4 rings (SSSR count). The van der Waals surface area contributed by atoms with E-state index in [0.717, 1.165) is 43.9 Å². The van der Waals surface area contributed by atoms with Gasteiger partial charge in [0.2, 0.25) is 5.13 Å². The topological polar surface area (TPSA) is 61.4 Å². The van der Waals surface area contributed by atoms with E-state index in [9.17, 15) is 4.79 Å². The SMILES string of the molecule is O=C(NC1CC1)N1CC[C@H]2[C@H]1CCN2c1nncs1. The summed E-state index contributed by atoms with van der Waals surface area (Å²) in [5, 5.41) is 12.2. The van der Waals surface area contributed by atoms with Crippen LogP contribution in [0.5, 0.6) is 0 Å². The lowest BCUT2D eigenvalue weighted by Gasteiger charge is -2.25. The highest BCUT2D eigenvalue weighted by Crippen LogP contribution is 2.35. The third-order valence-corrected chi connectivity index (χ3v) is 5.06. The molecule has 1 aromatic heterocycles. The molecule has 0 radical (unpaired) electrons. The molecule has 0 aromatic carbocycles. The molecule has 2 saturated heterocycles. The van der Waals surface area contributed by atoms with Crippen molar-refractivity contribution in [2.45, 2.75) is 43.8 Å². The Hall–Kier alpha value is -1.37. The molecule has 0 spiro atoms. The average molecular weight is 279 g/mol. The van der Waals surface area contributed by atoms with Crippen LogP contribution >= 0.6 is 11.3 Å². The van der Waals surface area contributed by atoms with Crippen LogP contribution in [0.25, 0.3) is 0 Å². The van der Waals surface area contributed by atoms with Gasteiger partial charge < -0.3 is 15.1 Å². The Morgan fingerprint density at radius 3 is 2.84 bits per heavy atom. The molecule has 1 aliphatic carbocycles. The maximum absolute atomic E-state index is 12.2. The molecule has 2 amide bonds. The van der Waals surface area contributed by atoms with Crippen LogP contribution in [-0.4, -0.2) is 52.3 Å². The molecule has 2 aliphatic heterocycles. The maximum Gasteiger partial charge on any atom is 0.317 e. The molecule has 1 saturated carbocycles. The molecule has 0 unspecified atom stereocenters. The zero-order valence-electron chi connectivity index (χ0n) is 10.7. The van der Waals surface area contributed by atoms with Crippen LogP contribution in [0.1, 0.15) is 25.7 Å². The van der Waals surface area contributed by atoms with Gasteiger partial charge in [0.25, 0.3) is 0 Å². The summed E-state index contributed by atoms with van der Waals surface area (Å²) in [5.41, 5.74) is 1.77. The molecule has 102 valence electrons. The molecule has 1 N–H and O–H groups in total. The summed E-state index contributed by atoms with van der Waals surface area (Å²) in [5.74, 6) is 0. The number of carbonyl (C=O) groups excluding carboxylic acids is 1. The summed E-state index contributed by atoms with van der Waals surface area (Å²) in [7, 11) is 0. The van der Waals surface area contributed by atoms with Crippen molar-refractivity contribution in [1.29, 1.82) is 0 Å². The van der Waals surface area contributed by atoms with Crippen molar-refractivity contribution in [2.75, 3.05) is 18.0 Å². The Balaban J connectivity index is 1.47. The average Bonchev–Trinajstić information content (AvgIpc) is 2.88. The van der Waals surface area contributed by atoms with Crippen molar-refractivity contribution in [3.05, 3.63) is 5.51 Å². The third-order valence-electron chi connectivity index (χ3n) is 4.34. The van der Waals surface area contributed by atoms with Gasteiger partial charge in [-0.15, -0.1) is 10.2 Å². The number of likely N-dealkylation sites (tertiary alicyclic amines) is 1. The number of hydrogen-bond acceptors (Lipinski definition) is 5. The zero-order chi connectivity index (χ0) is 12.8. The molecule has 3 heterocycles. The molecule has 19 heavy (non-hydrogen) atoms. The number of urea groups is 1. The van der Waals surface area contributed by atoms with Crippen LogP contribution in [0.4, 0.5) is 9.93 Å². The number of amides is 2. The summed E-state index contributed by atoms with van der Waals surface area (Å²) in [6, 6.07) is 1.35. The Labute approximate surface area is 115 Å². The van der Waals surface area contributed by atoms with E-state index in [-0.39, 0.29) is 6.03 Å². The third kappa shape index (κ3) is 1.96. The molecule has 0 bridgehead atoms. The number of rotatable bonds is 2. The zero-order valence-corrected chi connectivity index (χ0v) is 11.5.